The van der Waals surface area contributed by atoms with Gasteiger partial charge in [-0.2, -0.15) is 16.4 Å². The maximum Gasteiger partial charge on any atom is 0.349 e. The van der Waals surface area contributed by atoms with Crippen molar-refractivity contribution in [3.8, 4) is 5.75 Å². The normalized spacial score (nSPS) is 12.0. The summed E-state index contributed by atoms with van der Waals surface area (Å²) in [5, 5.41) is 11.7. The van der Waals surface area contributed by atoms with E-state index in [4.69, 9.17) is 9.15 Å². The highest BCUT2D eigenvalue weighted by Gasteiger charge is 2.19. The van der Waals surface area contributed by atoms with Crippen LogP contribution in [0.3, 0.4) is 0 Å². The zero-order chi connectivity index (χ0) is 19.5. The second-order valence-corrected chi connectivity index (χ2v) is 6.87. The molecule has 0 unspecified atom stereocenters. The number of nitrogens with zero attached hydrogens (tertiary/aromatic N) is 2. The average Bonchev–Trinajstić information content (AvgIpc) is 3.42. The molecule has 8 heteroatoms. The molecule has 0 fully saturated rings. The van der Waals surface area contributed by atoms with Crippen LogP contribution in [0, 0.1) is 0 Å². The Morgan fingerprint density at radius 1 is 1.36 bits per heavy atom. The smallest absolute Gasteiger partial charge is 0.349 e. The van der Waals surface area contributed by atoms with Gasteiger partial charge in [0.25, 0.3) is 5.91 Å². The van der Waals surface area contributed by atoms with E-state index < -0.39 is 11.5 Å². The van der Waals surface area contributed by atoms with Crippen LogP contribution < -0.4 is 15.7 Å². The van der Waals surface area contributed by atoms with Crippen molar-refractivity contribution < 1.29 is 13.9 Å². The first-order chi connectivity index (χ1) is 13.7. The molecule has 4 rings (SSSR count). The molecule has 1 N–H and O–H groups in total. The molecule has 3 heterocycles. The van der Waals surface area contributed by atoms with Crippen LogP contribution in [0.25, 0.3) is 11.0 Å². The van der Waals surface area contributed by atoms with Gasteiger partial charge in [-0.05, 0) is 40.6 Å². The summed E-state index contributed by atoms with van der Waals surface area (Å²) < 4.78 is 12.3. The first-order valence-corrected chi connectivity index (χ1v) is 9.52. The van der Waals surface area contributed by atoms with E-state index in [2.05, 4.69) is 10.4 Å². The predicted octanol–water partition coefficient (Wildman–Crippen LogP) is 3.08. The van der Waals surface area contributed by atoms with Crippen molar-refractivity contribution in [3.05, 3.63) is 81.1 Å². The van der Waals surface area contributed by atoms with Gasteiger partial charge < -0.3 is 14.5 Å². The fourth-order valence-corrected chi connectivity index (χ4v) is 3.72. The summed E-state index contributed by atoms with van der Waals surface area (Å²) in [6.45, 7) is 0.285. The molecule has 7 nitrogen and oxygen atoms in total. The Hall–Kier alpha value is -3.39. The molecular weight excluding hydrogens is 378 g/mol. The Labute approximate surface area is 164 Å². The Balaban J connectivity index is 1.59. The molecule has 1 aromatic carbocycles. The molecule has 0 saturated carbocycles. The number of carbonyl (C=O) groups is 1. The van der Waals surface area contributed by atoms with Gasteiger partial charge in [-0.15, -0.1) is 0 Å². The van der Waals surface area contributed by atoms with Gasteiger partial charge >= 0.3 is 5.63 Å². The average molecular weight is 395 g/mol. The number of hydrogen-bond acceptors (Lipinski definition) is 6. The lowest BCUT2D eigenvalue weighted by molar-refractivity contribution is 0.0945. The molecule has 0 bridgehead atoms. The minimum Gasteiger partial charge on any atom is -0.493 e. The van der Waals surface area contributed by atoms with Gasteiger partial charge in [0, 0.05) is 24.3 Å². The standard InChI is InChI=1S/C20H17N3O4S/c1-26-17-5-2-4-13-10-15(20(25)27-18(13)17)19(24)21-11-16(14-6-9-28-12-14)23-8-3-7-22-23/h2-10,12,16H,11H2,1H3,(H,21,24)/t16-/m0/s1. The Bertz CT molecular complexity index is 1120. The number of benzene rings is 1. The van der Waals surface area contributed by atoms with Crippen molar-refractivity contribution in [3.63, 3.8) is 0 Å². The monoisotopic (exact) mass is 395 g/mol. The number of para-hydroxylation sites is 1. The van der Waals surface area contributed by atoms with Crippen molar-refractivity contribution in [1.82, 2.24) is 15.1 Å². The van der Waals surface area contributed by atoms with Gasteiger partial charge in [-0.1, -0.05) is 12.1 Å². The third-order valence-electron chi connectivity index (χ3n) is 4.42. The first-order valence-electron chi connectivity index (χ1n) is 8.57. The van der Waals surface area contributed by atoms with E-state index in [0.29, 0.717) is 16.7 Å². The largest absolute Gasteiger partial charge is 0.493 e. The summed E-state index contributed by atoms with van der Waals surface area (Å²) in [7, 11) is 1.50. The maximum absolute atomic E-state index is 12.7. The highest BCUT2D eigenvalue weighted by Crippen LogP contribution is 2.24. The van der Waals surface area contributed by atoms with Gasteiger partial charge in [0.15, 0.2) is 11.3 Å². The molecule has 0 aliphatic heterocycles. The number of rotatable bonds is 6. The van der Waals surface area contributed by atoms with Crippen LogP contribution in [0.2, 0.25) is 0 Å². The molecule has 0 aliphatic carbocycles. The van der Waals surface area contributed by atoms with Crippen LogP contribution in [0.5, 0.6) is 5.75 Å². The molecule has 0 radical (unpaired) electrons. The van der Waals surface area contributed by atoms with E-state index in [1.165, 1.54) is 13.2 Å². The third-order valence-corrected chi connectivity index (χ3v) is 5.12. The molecule has 3 aromatic heterocycles. The molecule has 4 aromatic rings. The molecule has 142 valence electrons. The summed E-state index contributed by atoms with van der Waals surface area (Å²) in [6.07, 6.45) is 3.53. The van der Waals surface area contributed by atoms with E-state index in [1.54, 1.807) is 40.4 Å². The topological polar surface area (TPSA) is 86.4 Å². The van der Waals surface area contributed by atoms with Crippen molar-refractivity contribution in [1.29, 1.82) is 0 Å². The van der Waals surface area contributed by atoms with Gasteiger partial charge in [0.1, 0.15) is 5.56 Å². The number of aromatic nitrogens is 2. The predicted molar refractivity (Wildman–Crippen MR) is 106 cm³/mol. The zero-order valence-corrected chi connectivity index (χ0v) is 15.8. The van der Waals surface area contributed by atoms with Gasteiger partial charge in [0.05, 0.1) is 13.2 Å². The van der Waals surface area contributed by atoms with Gasteiger partial charge in [-0.3, -0.25) is 9.48 Å². The minimum atomic E-state index is -0.708. The summed E-state index contributed by atoms with van der Waals surface area (Å²) in [5.74, 6) is -0.0522. The summed E-state index contributed by atoms with van der Waals surface area (Å²) >= 11 is 1.57. The summed E-state index contributed by atoms with van der Waals surface area (Å²) in [5.41, 5.74) is 0.592. The fraction of sp³-hybridized carbons (Fsp3) is 0.150. The van der Waals surface area contributed by atoms with E-state index in [9.17, 15) is 9.59 Å². The van der Waals surface area contributed by atoms with Crippen molar-refractivity contribution in [2.75, 3.05) is 13.7 Å². The molecule has 1 amide bonds. The molecule has 0 aliphatic rings. The van der Waals surface area contributed by atoms with E-state index in [-0.39, 0.29) is 18.2 Å². The lowest BCUT2D eigenvalue weighted by Crippen LogP contribution is -2.33. The number of thiophene rings is 1. The number of ether oxygens (including phenoxy) is 1. The van der Waals surface area contributed by atoms with Crippen LogP contribution in [-0.4, -0.2) is 29.3 Å². The zero-order valence-electron chi connectivity index (χ0n) is 15.0. The number of amides is 1. The van der Waals surface area contributed by atoms with Crippen LogP contribution in [-0.2, 0) is 0 Å². The van der Waals surface area contributed by atoms with Crippen molar-refractivity contribution in [2.24, 2.45) is 0 Å². The summed E-state index contributed by atoms with van der Waals surface area (Å²) in [4.78, 5) is 25.0. The van der Waals surface area contributed by atoms with E-state index in [1.807, 2.05) is 29.1 Å². The Kier molecular flexibility index (Phi) is 4.94. The lowest BCUT2D eigenvalue weighted by Gasteiger charge is -2.17. The molecule has 0 saturated heterocycles. The number of methoxy groups -OCH3 is 1. The molecule has 1 atom stereocenters. The molecular formula is C20H17N3O4S. The van der Waals surface area contributed by atoms with E-state index in [0.717, 1.165) is 5.56 Å². The number of carbonyl (C=O) groups excluding carboxylic acids is 1. The highest BCUT2D eigenvalue weighted by molar-refractivity contribution is 7.08. The Morgan fingerprint density at radius 3 is 2.96 bits per heavy atom. The van der Waals surface area contributed by atoms with Crippen LogP contribution in [0.4, 0.5) is 0 Å². The molecule has 0 spiro atoms. The van der Waals surface area contributed by atoms with E-state index >= 15 is 0 Å². The third kappa shape index (κ3) is 3.41. The van der Waals surface area contributed by atoms with Crippen molar-refractivity contribution >= 4 is 28.2 Å². The van der Waals surface area contributed by atoms with Crippen LogP contribution in [0.15, 0.2) is 68.8 Å². The number of fused-ring (bicyclic) bond motifs is 1. The van der Waals surface area contributed by atoms with Gasteiger partial charge in [-0.25, -0.2) is 4.79 Å². The highest BCUT2D eigenvalue weighted by atomic mass is 32.1. The van der Waals surface area contributed by atoms with Crippen LogP contribution in [0.1, 0.15) is 22.0 Å². The second kappa shape index (κ2) is 7.69. The quantitative estimate of drug-likeness (QED) is 0.507. The van der Waals surface area contributed by atoms with Gasteiger partial charge in [0.2, 0.25) is 0 Å². The fourth-order valence-electron chi connectivity index (χ4n) is 3.02. The SMILES string of the molecule is COc1cccc2cc(C(=O)NC[C@@H](c3ccsc3)n3cccn3)c(=O)oc12. The number of nitrogens with one attached hydrogen (secondary N) is 1. The lowest BCUT2D eigenvalue weighted by atomic mass is 10.1. The minimum absolute atomic E-state index is 0.0507. The summed E-state index contributed by atoms with van der Waals surface area (Å²) in [6, 6.07) is 10.4. The first kappa shape index (κ1) is 18.0. The Morgan fingerprint density at radius 2 is 2.25 bits per heavy atom. The number of hydrogen-bond donors (Lipinski definition) is 1. The molecule has 28 heavy (non-hydrogen) atoms. The van der Waals surface area contributed by atoms with Crippen molar-refractivity contribution in [2.45, 2.75) is 6.04 Å². The second-order valence-electron chi connectivity index (χ2n) is 6.09. The maximum atomic E-state index is 12.7. The van der Waals surface area contributed by atoms with Crippen LogP contribution >= 0.6 is 11.3 Å².